The number of para-hydroxylation sites is 1. The van der Waals surface area contributed by atoms with Gasteiger partial charge in [-0.2, -0.15) is 0 Å². The zero-order valence-corrected chi connectivity index (χ0v) is 20.1. The summed E-state index contributed by atoms with van der Waals surface area (Å²) in [6.07, 6.45) is 0. The van der Waals surface area contributed by atoms with Crippen LogP contribution in [0.25, 0.3) is 10.2 Å². The first kappa shape index (κ1) is 23.3. The Bertz CT molecular complexity index is 1410. The number of benzene rings is 3. The van der Waals surface area contributed by atoms with Crippen LogP contribution in [0.2, 0.25) is 0 Å². The van der Waals surface area contributed by atoms with Crippen LogP contribution in [-0.4, -0.2) is 40.6 Å². The smallest absolute Gasteiger partial charge is 0.261 e. The average Bonchev–Trinajstić information content (AvgIpc) is 3.27. The predicted octanol–water partition coefficient (Wildman–Crippen LogP) is 4.38. The first-order chi connectivity index (χ1) is 16.4. The SMILES string of the molecule is COc1ccc(S(=O)(=O)Nc2ccccc2C(=O)Nc2nc3c(OC)ccc(OC)c3s2)cc1. The molecule has 11 heteroatoms. The van der Waals surface area contributed by atoms with Crippen LogP contribution < -0.4 is 24.2 Å². The minimum atomic E-state index is -3.94. The van der Waals surface area contributed by atoms with E-state index in [1.165, 1.54) is 49.8 Å². The quantitative estimate of drug-likeness (QED) is 0.370. The Morgan fingerprint density at radius 2 is 1.56 bits per heavy atom. The van der Waals surface area contributed by atoms with Crippen LogP contribution in [0.5, 0.6) is 17.2 Å². The van der Waals surface area contributed by atoms with Crippen molar-refractivity contribution in [1.29, 1.82) is 0 Å². The zero-order chi connectivity index (χ0) is 24.3. The van der Waals surface area contributed by atoms with Crippen molar-refractivity contribution < 1.29 is 27.4 Å². The van der Waals surface area contributed by atoms with E-state index in [-0.39, 0.29) is 16.1 Å². The fourth-order valence-electron chi connectivity index (χ4n) is 3.23. The van der Waals surface area contributed by atoms with Crippen LogP contribution in [0.4, 0.5) is 10.8 Å². The highest BCUT2D eigenvalue weighted by Crippen LogP contribution is 2.39. The van der Waals surface area contributed by atoms with Gasteiger partial charge in [-0.3, -0.25) is 14.8 Å². The van der Waals surface area contributed by atoms with E-state index in [0.717, 1.165) is 0 Å². The zero-order valence-electron chi connectivity index (χ0n) is 18.5. The molecule has 176 valence electrons. The van der Waals surface area contributed by atoms with Crippen LogP contribution in [0.3, 0.4) is 0 Å². The molecule has 0 radical (unpaired) electrons. The van der Waals surface area contributed by atoms with Gasteiger partial charge in [0.25, 0.3) is 15.9 Å². The summed E-state index contributed by atoms with van der Waals surface area (Å²) >= 11 is 1.22. The van der Waals surface area contributed by atoms with Gasteiger partial charge in [0.2, 0.25) is 0 Å². The lowest BCUT2D eigenvalue weighted by molar-refractivity contribution is 0.102. The Labute approximate surface area is 200 Å². The topological polar surface area (TPSA) is 116 Å². The summed E-state index contributed by atoms with van der Waals surface area (Å²) < 4.78 is 44.7. The van der Waals surface area contributed by atoms with E-state index in [2.05, 4.69) is 15.0 Å². The van der Waals surface area contributed by atoms with Gasteiger partial charge in [0, 0.05) is 0 Å². The number of thiazole rings is 1. The molecular formula is C23H21N3O6S2. The lowest BCUT2D eigenvalue weighted by Crippen LogP contribution is -2.18. The summed E-state index contributed by atoms with van der Waals surface area (Å²) in [7, 11) is 0.635. The third-order valence-electron chi connectivity index (χ3n) is 4.92. The average molecular weight is 500 g/mol. The highest BCUT2D eigenvalue weighted by atomic mass is 32.2. The molecule has 0 aliphatic carbocycles. The van der Waals surface area contributed by atoms with E-state index in [4.69, 9.17) is 14.2 Å². The van der Waals surface area contributed by atoms with Crippen molar-refractivity contribution in [1.82, 2.24) is 4.98 Å². The van der Waals surface area contributed by atoms with Crippen molar-refractivity contribution in [3.8, 4) is 17.2 Å². The Morgan fingerprint density at radius 3 is 2.24 bits per heavy atom. The maximum Gasteiger partial charge on any atom is 0.261 e. The number of rotatable bonds is 8. The highest BCUT2D eigenvalue weighted by molar-refractivity contribution is 7.92. The number of nitrogens with zero attached hydrogens (tertiary/aromatic N) is 1. The molecule has 2 N–H and O–H groups in total. The normalized spacial score (nSPS) is 11.1. The maximum absolute atomic E-state index is 13.1. The van der Waals surface area contributed by atoms with Gasteiger partial charge in [-0.1, -0.05) is 23.5 Å². The summed E-state index contributed by atoms with van der Waals surface area (Å²) in [5, 5.41) is 3.05. The molecular weight excluding hydrogens is 478 g/mol. The molecule has 3 aromatic carbocycles. The van der Waals surface area contributed by atoms with E-state index in [1.54, 1.807) is 43.5 Å². The summed E-state index contributed by atoms with van der Waals surface area (Å²) in [6, 6.07) is 15.7. The largest absolute Gasteiger partial charge is 0.497 e. The summed E-state index contributed by atoms with van der Waals surface area (Å²) in [5.41, 5.74) is 0.820. The van der Waals surface area contributed by atoms with Crippen LogP contribution in [0, 0.1) is 0 Å². The number of hydrogen-bond donors (Lipinski definition) is 2. The van der Waals surface area contributed by atoms with Gasteiger partial charge in [0.05, 0.1) is 37.5 Å². The number of hydrogen-bond acceptors (Lipinski definition) is 8. The van der Waals surface area contributed by atoms with Crippen molar-refractivity contribution in [3.63, 3.8) is 0 Å². The second-order valence-corrected chi connectivity index (χ2v) is 9.63. The molecule has 34 heavy (non-hydrogen) atoms. The molecule has 0 spiro atoms. The number of anilines is 2. The Balaban J connectivity index is 1.62. The van der Waals surface area contributed by atoms with Gasteiger partial charge in [-0.25, -0.2) is 13.4 Å². The molecule has 0 saturated carbocycles. The van der Waals surface area contributed by atoms with Gasteiger partial charge in [-0.05, 0) is 48.5 Å². The number of methoxy groups -OCH3 is 3. The molecule has 1 heterocycles. The van der Waals surface area contributed by atoms with Crippen molar-refractivity contribution in [2.45, 2.75) is 4.90 Å². The molecule has 1 aromatic heterocycles. The van der Waals surface area contributed by atoms with Crippen molar-refractivity contribution in [3.05, 3.63) is 66.2 Å². The van der Waals surface area contributed by atoms with Crippen LogP contribution in [0.15, 0.2) is 65.6 Å². The second-order valence-electron chi connectivity index (χ2n) is 6.95. The van der Waals surface area contributed by atoms with E-state index >= 15 is 0 Å². The molecule has 4 rings (SSSR count). The van der Waals surface area contributed by atoms with Gasteiger partial charge in [-0.15, -0.1) is 0 Å². The van der Waals surface area contributed by atoms with E-state index in [9.17, 15) is 13.2 Å². The highest BCUT2D eigenvalue weighted by Gasteiger charge is 2.21. The minimum absolute atomic E-state index is 0.0360. The fourth-order valence-corrected chi connectivity index (χ4v) is 5.28. The molecule has 0 aliphatic heterocycles. The van der Waals surface area contributed by atoms with Crippen molar-refractivity contribution in [2.75, 3.05) is 31.4 Å². The third-order valence-corrected chi connectivity index (χ3v) is 7.28. The van der Waals surface area contributed by atoms with E-state index in [0.29, 0.717) is 32.6 Å². The van der Waals surface area contributed by atoms with Gasteiger partial charge in [0.1, 0.15) is 27.5 Å². The van der Waals surface area contributed by atoms with E-state index in [1.807, 2.05) is 0 Å². The Hall–Kier alpha value is -3.83. The van der Waals surface area contributed by atoms with Crippen LogP contribution in [-0.2, 0) is 10.0 Å². The molecule has 4 aromatic rings. The number of carbonyl (C=O) groups excluding carboxylic acids is 1. The lowest BCUT2D eigenvalue weighted by atomic mass is 10.2. The number of ether oxygens (including phenoxy) is 3. The molecule has 0 fully saturated rings. The molecule has 0 atom stereocenters. The molecule has 0 bridgehead atoms. The lowest BCUT2D eigenvalue weighted by Gasteiger charge is -2.12. The van der Waals surface area contributed by atoms with Crippen LogP contribution >= 0.6 is 11.3 Å². The molecule has 9 nitrogen and oxygen atoms in total. The number of sulfonamides is 1. The third kappa shape index (κ3) is 4.61. The molecule has 0 aliphatic rings. The molecule has 0 unspecified atom stereocenters. The van der Waals surface area contributed by atoms with Crippen molar-refractivity contribution in [2.24, 2.45) is 0 Å². The van der Waals surface area contributed by atoms with Gasteiger partial charge >= 0.3 is 0 Å². The summed E-state index contributed by atoms with van der Waals surface area (Å²) in [4.78, 5) is 17.6. The number of aromatic nitrogens is 1. The second kappa shape index (κ2) is 9.57. The molecule has 0 saturated heterocycles. The Kier molecular flexibility index (Phi) is 6.57. The Morgan fingerprint density at radius 1 is 0.882 bits per heavy atom. The first-order valence-electron chi connectivity index (χ1n) is 9.95. The summed E-state index contributed by atoms with van der Waals surface area (Å²) in [5.74, 6) is 1.15. The monoisotopic (exact) mass is 499 g/mol. The molecule has 1 amide bonds. The van der Waals surface area contributed by atoms with Gasteiger partial charge < -0.3 is 14.2 Å². The minimum Gasteiger partial charge on any atom is -0.497 e. The van der Waals surface area contributed by atoms with Crippen LogP contribution in [0.1, 0.15) is 10.4 Å². The van der Waals surface area contributed by atoms with Crippen molar-refractivity contribution >= 4 is 48.3 Å². The first-order valence-corrected chi connectivity index (χ1v) is 12.2. The predicted molar refractivity (Wildman–Crippen MR) is 131 cm³/mol. The standard InChI is InChI=1S/C23H21N3O6S2/c1-30-14-8-10-15(11-9-14)34(28,29)26-17-7-5-4-6-16(17)22(27)25-23-24-20-18(31-2)12-13-19(32-3)21(20)33-23/h4-13,26H,1-3H3,(H,24,25,27). The number of fused-ring (bicyclic) bond motifs is 1. The number of carbonyl (C=O) groups is 1. The van der Waals surface area contributed by atoms with Gasteiger partial charge in [0.15, 0.2) is 5.13 Å². The fraction of sp³-hybridized carbons (Fsp3) is 0.130. The number of amides is 1. The number of nitrogens with one attached hydrogen (secondary N) is 2. The summed E-state index contributed by atoms with van der Waals surface area (Å²) in [6.45, 7) is 0. The van der Waals surface area contributed by atoms with E-state index < -0.39 is 15.9 Å². The maximum atomic E-state index is 13.1.